The Morgan fingerprint density at radius 2 is 1.76 bits per heavy atom. The van der Waals surface area contributed by atoms with Gasteiger partial charge in [-0.25, -0.2) is 0 Å². The summed E-state index contributed by atoms with van der Waals surface area (Å²) in [6.07, 6.45) is 0.0424. The van der Waals surface area contributed by atoms with Crippen molar-refractivity contribution < 1.29 is 9.53 Å². The minimum atomic E-state index is -0.0727. The summed E-state index contributed by atoms with van der Waals surface area (Å²) in [4.78, 5) is 16.6. The maximum absolute atomic E-state index is 12.0. The zero-order valence-corrected chi connectivity index (χ0v) is 16.1. The second-order valence-electron chi connectivity index (χ2n) is 6.86. The van der Waals surface area contributed by atoms with Gasteiger partial charge < -0.3 is 20.7 Å². The van der Waals surface area contributed by atoms with Gasteiger partial charge in [0.25, 0.3) is 5.91 Å². The van der Waals surface area contributed by atoms with Crippen LogP contribution in [-0.2, 0) is 4.74 Å². The Morgan fingerprint density at radius 1 is 1.12 bits per heavy atom. The summed E-state index contributed by atoms with van der Waals surface area (Å²) in [5.74, 6) is 0.652. The van der Waals surface area contributed by atoms with E-state index in [0.29, 0.717) is 25.2 Å². The molecule has 0 bridgehead atoms. The SMILES string of the molecule is CCNC(=NCC(OC)C(C)(C)C)NCCNC(=O)c1ccccc1. The number of benzene rings is 1. The molecule has 1 amide bonds. The molecule has 0 saturated carbocycles. The summed E-state index contributed by atoms with van der Waals surface area (Å²) in [6, 6.07) is 9.19. The van der Waals surface area contributed by atoms with Crippen LogP contribution in [0.3, 0.4) is 0 Å². The van der Waals surface area contributed by atoms with Gasteiger partial charge in [0.2, 0.25) is 0 Å². The van der Waals surface area contributed by atoms with Gasteiger partial charge in [-0.3, -0.25) is 9.79 Å². The van der Waals surface area contributed by atoms with Crippen LogP contribution in [0, 0.1) is 5.41 Å². The van der Waals surface area contributed by atoms with E-state index in [1.807, 2.05) is 25.1 Å². The second kappa shape index (κ2) is 10.7. The van der Waals surface area contributed by atoms with E-state index in [9.17, 15) is 4.79 Å². The smallest absolute Gasteiger partial charge is 0.251 e. The lowest BCUT2D eigenvalue weighted by molar-refractivity contribution is 0.0241. The summed E-state index contributed by atoms with van der Waals surface area (Å²) in [7, 11) is 1.71. The van der Waals surface area contributed by atoms with Gasteiger partial charge in [0, 0.05) is 32.3 Å². The number of hydrogen-bond donors (Lipinski definition) is 3. The van der Waals surface area contributed by atoms with Crippen molar-refractivity contribution in [3.8, 4) is 0 Å². The van der Waals surface area contributed by atoms with Gasteiger partial charge in [0.05, 0.1) is 12.6 Å². The van der Waals surface area contributed by atoms with Crippen molar-refractivity contribution in [3.05, 3.63) is 35.9 Å². The van der Waals surface area contributed by atoms with Crippen molar-refractivity contribution in [2.45, 2.75) is 33.8 Å². The van der Waals surface area contributed by atoms with Crippen molar-refractivity contribution in [1.82, 2.24) is 16.0 Å². The van der Waals surface area contributed by atoms with Crippen LogP contribution in [0.4, 0.5) is 0 Å². The number of guanidine groups is 1. The third-order valence-electron chi connectivity index (χ3n) is 3.75. The number of ether oxygens (including phenoxy) is 1. The molecule has 6 nitrogen and oxygen atoms in total. The summed E-state index contributed by atoms with van der Waals surface area (Å²) in [5, 5.41) is 9.32. The van der Waals surface area contributed by atoms with E-state index in [1.54, 1.807) is 19.2 Å². The quantitative estimate of drug-likeness (QED) is 0.382. The molecule has 0 aliphatic heterocycles. The van der Waals surface area contributed by atoms with Crippen LogP contribution < -0.4 is 16.0 Å². The van der Waals surface area contributed by atoms with Crippen LogP contribution in [-0.4, -0.2) is 51.3 Å². The zero-order chi connectivity index (χ0) is 18.7. The fraction of sp³-hybridized carbons (Fsp3) is 0.579. The fourth-order valence-electron chi connectivity index (χ4n) is 2.27. The molecular weight excluding hydrogens is 316 g/mol. The van der Waals surface area contributed by atoms with E-state index in [1.165, 1.54) is 0 Å². The molecule has 0 heterocycles. The number of nitrogens with zero attached hydrogens (tertiary/aromatic N) is 1. The molecular formula is C19H32N4O2. The van der Waals surface area contributed by atoms with Crippen LogP contribution >= 0.6 is 0 Å². The number of rotatable bonds is 8. The Morgan fingerprint density at radius 3 is 2.32 bits per heavy atom. The molecule has 6 heteroatoms. The van der Waals surface area contributed by atoms with Gasteiger partial charge in [0.15, 0.2) is 5.96 Å². The average molecular weight is 348 g/mol. The van der Waals surface area contributed by atoms with Gasteiger partial charge in [-0.15, -0.1) is 0 Å². The summed E-state index contributed by atoms with van der Waals surface area (Å²) >= 11 is 0. The summed E-state index contributed by atoms with van der Waals surface area (Å²) in [6.45, 7) is 10.9. The normalized spacial score (nSPS) is 13.2. The predicted molar refractivity (Wildman–Crippen MR) is 103 cm³/mol. The third kappa shape index (κ3) is 8.03. The molecule has 1 rings (SSSR count). The minimum Gasteiger partial charge on any atom is -0.379 e. The molecule has 1 aromatic rings. The van der Waals surface area contributed by atoms with E-state index >= 15 is 0 Å². The highest BCUT2D eigenvalue weighted by atomic mass is 16.5. The van der Waals surface area contributed by atoms with Crippen LogP contribution in [0.2, 0.25) is 0 Å². The largest absolute Gasteiger partial charge is 0.379 e. The number of methoxy groups -OCH3 is 1. The van der Waals surface area contributed by atoms with Gasteiger partial charge >= 0.3 is 0 Å². The molecule has 3 N–H and O–H groups in total. The Labute approximate surface area is 151 Å². The van der Waals surface area contributed by atoms with Crippen molar-refractivity contribution in [2.24, 2.45) is 10.4 Å². The standard InChI is InChI=1S/C19H32N4O2/c1-6-20-18(23-14-16(25-5)19(2,3)4)22-13-12-21-17(24)15-10-8-7-9-11-15/h7-11,16H,6,12-14H2,1-5H3,(H,21,24)(H2,20,22,23). The molecule has 0 radical (unpaired) electrons. The Balaban J connectivity index is 2.44. The minimum absolute atomic E-state index is 0.0270. The number of amides is 1. The first-order valence-corrected chi connectivity index (χ1v) is 8.76. The fourth-order valence-corrected chi connectivity index (χ4v) is 2.27. The molecule has 1 unspecified atom stereocenters. The number of carbonyl (C=O) groups is 1. The topological polar surface area (TPSA) is 74.8 Å². The number of hydrogen-bond acceptors (Lipinski definition) is 3. The molecule has 1 aromatic carbocycles. The summed E-state index contributed by atoms with van der Waals surface area (Å²) < 4.78 is 5.53. The van der Waals surface area contributed by atoms with Crippen molar-refractivity contribution in [1.29, 1.82) is 0 Å². The van der Waals surface area contributed by atoms with Gasteiger partial charge in [-0.1, -0.05) is 39.0 Å². The first-order valence-electron chi connectivity index (χ1n) is 8.76. The molecule has 140 valence electrons. The van der Waals surface area contributed by atoms with Crippen molar-refractivity contribution in [3.63, 3.8) is 0 Å². The van der Waals surface area contributed by atoms with Crippen LogP contribution in [0.5, 0.6) is 0 Å². The summed E-state index contributed by atoms with van der Waals surface area (Å²) in [5.41, 5.74) is 0.690. The Bertz CT molecular complexity index is 538. The van der Waals surface area contributed by atoms with E-state index in [-0.39, 0.29) is 17.4 Å². The Hall–Kier alpha value is -2.08. The Kier molecular flexibility index (Phi) is 8.99. The van der Waals surface area contributed by atoms with Crippen molar-refractivity contribution >= 4 is 11.9 Å². The van der Waals surface area contributed by atoms with Crippen LogP contribution in [0.15, 0.2) is 35.3 Å². The van der Waals surface area contributed by atoms with E-state index in [4.69, 9.17) is 4.74 Å². The van der Waals surface area contributed by atoms with Crippen LogP contribution in [0.25, 0.3) is 0 Å². The lowest BCUT2D eigenvalue weighted by Crippen LogP contribution is -2.42. The van der Waals surface area contributed by atoms with Crippen LogP contribution in [0.1, 0.15) is 38.1 Å². The van der Waals surface area contributed by atoms with Gasteiger partial charge in [-0.2, -0.15) is 0 Å². The molecule has 0 aliphatic rings. The first kappa shape index (κ1) is 21.0. The highest BCUT2D eigenvalue weighted by Gasteiger charge is 2.24. The van der Waals surface area contributed by atoms with E-state index in [2.05, 4.69) is 41.7 Å². The molecule has 25 heavy (non-hydrogen) atoms. The van der Waals surface area contributed by atoms with E-state index in [0.717, 1.165) is 12.5 Å². The zero-order valence-electron chi connectivity index (χ0n) is 16.1. The monoisotopic (exact) mass is 348 g/mol. The first-order chi connectivity index (χ1) is 11.9. The molecule has 0 aromatic heterocycles. The van der Waals surface area contributed by atoms with Gasteiger partial charge in [-0.05, 0) is 24.5 Å². The second-order valence-corrected chi connectivity index (χ2v) is 6.86. The highest BCUT2D eigenvalue weighted by molar-refractivity contribution is 5.94. The number of carbonyl (C=O) groups excluding carboxylic acids is 1. The molecule has 0 saturated heterocycles. The number of nitrogens with one attached hydrogen (secondary N) is 3. The van der Waals surface area contributed by atoms with Crippen molar-refractivity contribution in [2.75, 3.05) is 33.3 Å². The maximum Gasteiger partial charge on any atom is 0.251 e. The van der Waals surface area contributed by atoms with E-state index < -0.39 is 0 Å². The third-order valence-corrected chi connectivity index (χ3v) is 3.75. The lowest BCUT2D eigenvalue weighted by atomic mass is 9.89. The average Bonchev–Trinajstić information content (AvgIpc) is 2.58. The molecule has 1 atom stereocenters. The maximum atomic E-state index is 12.0. The lowest BCUT2D eigenvalue weighted by Gasteiger charge is -2.28. The number of aliphatic imine (C=N–C) groups is 1. The van der Waals surface area contributed by atoms with Gasteiger partial charge in [0.1, 0.15) is 0 Å². The molecule has 0 fully saturated rings. The molecule has 0 spiro atoms. The predicted octanol–water partition coefficient (Wildman–Crippen LogP) is 2.03. The molecule has 0 aliphatic carbocycles. The highest BCUT2D eigenvalue weighted by Crippen LogP contribution is 2.21.